The lowest BCUT2D eigenvalue weighted by atomic mass is 10.1. The second-order valence-corrected chi connectivity index (χ2v) is 6.69. The van der Waals surface area contributed by atoms with Gasteiger partial charge in [-0.3, -0.25) is 14.4 Å². The molecule has 2 aromatic rings. The van der Waals surface area contributed by atoms with Gasteiger partial charge in [0.2, 0.25) is 11.8 Å². The molecule has 0 atom stereocenters. The Kier molecular flexibility index (Phi) is 5.21. The number of pyridine rings is 1. The fraction of sp³-hybridized carbons (Fsp3) is 0.350. The highest BCUT2D eigenvalue weighted by atomic mass is 16.2. The molecule has 6 nitrogen and oxygen atoms in total. The summed E-state index contributed by atoms with van der Waals surface area (Å²) < 4.78 is 1.51. The Balaban J connectivity index is 1.61. The summed E-state index contributed by atoms with van der Waals surface area (Å²) >= 11 is 0. The van der Waals surface area contributed by atoms with Crippen LogP contribution in [0.1, 0.15) is 17.5 Å². The molecule has 26 heavy (non-hydrogen) atoms. The van der Waals surface area contributed by atoms with Crippen molar-refractivity contribution in [3.05, 3.63) is 64.1 Å². The highest BCUT2D eigenvalue weighted by Gasteiger charge is 2.28. The van der Waals surface area contributed by atoms with Crippen molar-refractivity contribution in [2.24, 2.45) is 0 Å². The second kappa shape index (κ2) is 7.56. The number of carbonyl (C=O) groups is 2. The van der Waals surface area contributed by atoms with E-state index in [1.807, 2.05) is 26.0 Å². The van der Waals surface area contributed by atoms with Gasteiger partial charge in [-0.1, -0.05) is 12.1 Å². The Hall–Kier alpha value is -2.89. The first-order chi connectivity index (χ1) is 12.4. The molecule has 1 saturated heterocycles. The predicted molar refractivity (Wildman–Crippen MR) is 100 cm³/mol. The third-order valence-electron chi connectivity index (χ3n) is 4.56. The largest absolute Gasteiger partial charge is 0.332 e. The van der Waals surface area contributed by atoms with E-state index in [9.17, 15) is 14.4 Å². The normalized spacial score (nSPS) is 14.6. The van der Waals surface area contributed by atoms with Gasteiger partial charge in [0.25, 0.3) is 5.56 Å². The van der Waals surface area contributed by atoms with Crippen LogP contribution in [0.4, 0.5) is 5.69 Å². The molecule has 2 amide bonds. The summed E-state index contributed by atoms with van der Waals surface area (Å²) in [4.78, 5) is 40.0. The van der Waals surface area contributed by atoms with Gasteiger partial charge in [-0.05, 0) is 43.2 Å². The van der Waals surface area contributed by atoms with Crippen LogP contribution < -0.4 is 10.5 Å². The molecule has 1 aliphatic heterocycles. The number of hydrogen-bond donors (Lipinski definition) is 0. The minimum atomic E-state index is -0.129. The fourth-order valence-corrected chi connectivity index (χ4v) is 3.29. The van der Waals surface area contributed by atoms with E-state index in [4.69, 9.17) is 0 Å². The average Bonchev–Trinajstić information content (AvgIpc) is 2.59. The molecular formula is C20H23N3O3. The number of carbonyl (C=O) groups excluding carboxylic acids is 2. The Morgan fingerprint density at radius 3 is 2.42 bits per heavy atom. The SMILES string of the molecule is Cc1cc(C)cc(N2CCN(C(=O)CCn3ccccc3=O)CC2=O)c1. The molecule has 1 aromatic carbocycles. The minimum Gasteiger partial charge on any atom is -0.332 e. The van der Waals surface area contributed by atoms with Crippen LogP contribution in [0.25, 0.3) is 0 Å². The molecule has 0 spiro atoms. The van der Waals surface area contributed by atoms with E-state index < -0.39 is 0 Å². The Morgan fingerprint density at radius 2 is 1.77 bits per heavy atom. The van der Waals surface area contributed by atoms with E-state index in [0.717, 1.165) is 16.8 Å². The summed E-state index contributed by atoms with van der Waals surface area (Å²) in [5.74, 6) is -0.180. The Bertz CT molecular complexity index is 868. The maximum Gasteiger partial charge on any atom is 0.250 e. The summed E-state index contributed by atoms with van der Waals surface area (Å²) in [6.45, 7) is 5.40. The molecule has 0 bridgehead atoms. The molecule has 3 rings (SSSR count). The summed E-state index contributed by atoms with van der Waals surface area (Å²) in [6, 6.07) is 11.0. The molecule has 0 N–H and O–H groups in total. The van der Waals surface area contributed by atoms with Gasteiger partial charge in [0.05, 0.1) is 0 Å². The van der Waals surface area contributed by atoms with Crippen molar-refractivity contribution < 1.29 is 9.59 Å². The summed E-state index contributed by atoms with van der Waals surface area (Å²) in [5.41, 5.74) is 2.98. The number of rotatable bonds is 4. The van der Waals surface area contributed by atoms with Gasteiger partial charge in [-0.15, -0.1) is 0 Å². The highest BCUT2D eigenvalue weighted by Crippen LogP contribution is 2.21. The van der Waals surface area contributed by atoms with Crippen LogP contribution in [0.2, 0.25) is 0 Å². The molecule has 1 fully saturated rings. The van der Waals surface area contributed by atoms with Crippen molar-refractivity contribution in [3.63, 3.8) is 0 Å². The van der Waals surface area contributed by atoms with Crippen molar-refractivity contribution in [3.8, 4) is 0 Å². The number of piperazine rings is 1. The maximum absolute atomic E-state index is 12.5. The topological polar surface area (TPSA) is 62.6 Å². The van der Waals surface area contributed by atoms with Gasteiger partial charge in [0, 0.05) is 44.0 Å². The molecule has 0 unspecified atom stereocenters. The van der Waals surface area contributed by atoms with E-state index in [1.165, 1.54) is 10.6 Å². The lowest BCUT2D eigenvalue weighted by molar-refractivity contribution is -0.137. The molecular weight excluding hydrogens is 330 g/mol. The number of anilines is 1. The smallest absolute Gasteiger partial charge is 0.250 e. The average molecular weight is 353 g/mol. The minimum absolute atomic E-state index is 0.0773. The quantitative estimate of drug-likeness (QED) is 0.841. The van der Waals surface area contributed by atoms with E-state index in [0.29, 0.717) is 19.6 Å². The number of aryl methyl sites for hydroxylation is 3. The van der Waals surface area contributed by atoms with Crippen molar-refractivity contribution in [1.82, 2.24) is 9.47 Å². The number of benzene rings is 1. The van der Waals surface area contributed by atoms with Crippen LogP contribution in [0.15, 0.2) is 47.4 Å². The highest BCUT2D eigenvalue weighted by molar-refractivity contribution is 5.98. The number of hydrogen-bond acceptors (Lipinski definition) is 3. The number of aromatic nitrogens is 1. The maximum atomic E-state index is 12.5. The molecule has 0 radical (unpaired) electrons. The van der Waals surface area contributed by atoms with Crippen molar-refractivity contribution >= 4 is 17.5 Å². The Morgan fingerprint density at radius 1 is 1.04 bits per heavy atom. The summed E-state index contributed by atoms with van der Waals surface area (Å²) in [6.07, 6.45) is 1.87. The molecule has 2 heterocycles. The molecule has 0 aliphatic carbocycles. The zero-order valence-electron chi connectivity index (χ0n) is 15.1. The van der Waals surface area contributed by atoms with E-state index in [2.05, 4.69) is 6.07 Å². The first-order valence-corrected chi connectivity index (χ1v) is 8.76. The van der Waals surface area contributed by atoms with Crippen LogP contribution in [-0.4, -0.2) is 40.9 Å². The predicted octanol–water partition coefficient (Wildman–Crippen LogP) is 1.73. The number of nitrogens with zero attached hydrogens (tertiary/aromatic N) is 3. The lowest BCUT2D eigenvalue weighted by Crippen LogP contribution is -2.52. The van der Waals surface area contributed by atoms with Crippen LogP contribution in [0.5, 0.6) is 0 Å². The molecule has 1 aromatic heterocycles. The zero-order chi connectivity index (χ0) is 18.7. The monoisotopic (exact) mass is 353 g/mol. The first kappa shape index (κ1) is 17.9. The van der Waals surface area contributed by atoms with Crippen LogP contribution >= 0.6 is 0 Å². The summed E-state index contributed by atoms with van der Waals surface area (Å²) in [7, 11) is 0. The molecule has 1 aliphatic rings. The van der Waals surface area contributed by atoms with Gasteiger partial charge in [0.1, 0.15) is 6.54 Å². The Labute approximate surface area is 152 Å². The van der Waals surface area contributed by atoms with Crippen molar-refractivity contribution in [2.75, 3.05) is 24.5 Å². The number of amides is 2. The first-order valence-electron chi connectivity index (χ1n) is 8.76. The summed E-state index contributed by atoms with van der Waals surface area (Å²) in [5, 5.41) is 0. The molecule has 6 heteroatoms. The van der Waals surface area contributed by atoms with Gasteiger partial charge in [-0.2, -0.15) is 0 Å². The molecule has 0 saturated carbocycles. The van der Waals surface area contributed by atoms with E-state index in [-0.39, 0.29) is 30.3 Å². The van der Waals surface area contributed by atoms with E-state index >= 15 is 0 Å². The van der Waals surface area contributed by atoms with Crippen LogP contribution in [-0.2, 0) is 16.1 Å². The standard InChI is InChI=1S/C20H23N3O3/c1-15-11-16(2)13-17(12-15)23-10-9-22(14-20(23)26)19(25)6-8-21-7-4-3-5-18(21)24/h3-5,7,11-13H,6,8-10,14H2,1-2H3. The third kappa shape index (κ3) is 4.02. The van der Waals surface area contributed by atoms with Gasteiger partial charge in [-0.25, -0.2) is 0 Å². The van der Waals surface area contributed by atoms with Crippen molar-refractivity contribution in [2.45, 2.75) is 26.8 Å². The van der Waals surface area contributed by atoms with Gasteiger partial charge in [0.15, 0.2) is 0 Å². The third-order valence-corrected chi connectivity index (χ3v) is 4.56. The van der Waals surface area contributed by atoms with Crippen LogP contribution in [0.3, 0.4) is 0 Å². The van der Waals surface area contributed by atoms with Crippen LogP contribution in [0, 0.1) is 13.8 Å². The van der Waals surface area contributed by atoms with Gasteiger partial charge < -0.3 is 14.4 Å². The van der Waals surface area contributed by atoms with E-state index in [1.54, 1.807) is 28.1 Å². The zero-order valence-corrected chi connectivity index (χ0v) is 15.1. The van der Waals surface area contributed by atoms with Crippen molar-refractivity contribution in [1.29, 1.82) is 0 Å². The lowest BCUT2D eigenvalue weighted by Gasteiger charge is -2.34. The molecule has 136 valence electrons. The van der Waals surface area contributed by atoms with Gasteiger partial charge >= 0.3 is 0 Å². The second-order valence-electron chi connectivity index (χ2n) is 6.69. The fourth-order valence-electron chi connectivity index (χ4n) is 3.29.